The summed E-state index contributed by atoms with van der Waals surface area (Å²) in [6.45, 7) is 6.79. The summed E-state index contributed by atoms with van der Waals surface area (Å²) < 4.78 is 0. The first-order valence-corrected chi connectivity index (χ1v) is 11.3. The van der Waals surface area contributed by atoms with Crippen molar-refractivity contribution in [1.82, 2.24) is 0 Å². The lowest BCUT2D eigenvalue weighted by molar-refractivity contribution is -0.175. The number of aliphatic hydroxyl groups is 2. The molecule has 0 heterocycles. The van der Waals surface area contributed by atoms with Gasteiger partial charge in [-0.1, -0.05) is 20.8 Å². The summed E-state index contributed by atoms with van der Waals surface area (Å²) in [4.78, 5) is 11.3. The van der Waals surface area contributed by atoms with Gasteiger partial charge in [0.1, 0.15) is 0 Å². The molecule has 4 saturated carbocycles. The molecular weight excluding hydrogens is 340 g/mol. The second kappa shape index (κ2) is 6.73. The van der Waals surface area contributed by atoms with Crippen LogP contribution in [0.1, 0.15) is 78.6 Å². The molecule has 0 aromatic carbocycles. The summed E-state index contributed by atoms with van der Waals surface area (Å²) in [5.41, 5.74) is 0.128. The minimum atomic E-state index is -0.716. The summed E-state index contributed by atoms with van der Waals surface area (Å²) >= 11 is 0. The topological polar surface area (TPSA) is 77.8 Å². The van der Waals surface area contributed by atoms with Gasteiger partial charge in [0.05, 0.1) is 12.2 Å². The highest BCUT2D eigenvalue weighted by atomic mass is 16.4. The third kappa shape index (κ3) is 2.88. The van der Waals surface area contributed by atoms with Crippen molar-refractivity contribution in [3.8, 4) is 0 Å². The molecule has 0 bridgehead atoms. The molecule has 27 heavy (non-hydrogen) atoms. The Bertz CT molecular complexity index is 591. The Morgan fingerprint density at radius 3 is 2.48 bits per heavy atom. The van der Waals surface area contributed by atoms with E-state index in [0.717, 1.165) is 38.5 Å². The molecule has 0 saturated heterocycles. The van der Waals surface area contributed by atoms with E-state index in [4.69, 9.17) is 0 Å². The van der Waals surface area contributed by atoms with Crippen molar-refractivity contribution < 1.29 is 20.1 Å². The maximum absolute atomic E-state index is 11.4. The van der Waals surface area contributed by atoms with Crippen LogP contribution in [-0.4, -0.2) is 33.5 Å². The summed E-state index contributed by atoms with van der Waals surface area (Å²) in [5, 5.41) is 30.8. The molecule has 0 amide bonds. The Balaban J connectivity index is 1.60. The molecule has 0 unspecified atom stereocenters. The fourth-order valence-corrected chi connectivity index (χ4v) is 8.58. The lowest BCUT2D eigenvalue weighted by atomic mass is 9.43. The Kier molecular flexibility index (Phi) is 4.91. The van der Waals surface area contributed by atoms with Gasteiger partial charge in [-0.25, -0.2) is 0 Å². The average Bonchev–Trinajstić information content (AvgIpc) is 2.95. The molecule has 0 radical (unpaired) electrons. The highest BCUT2D eigenvalue weighted by molar-refractivity contribution is 5.67. The summed E-state index contributed by atoms with van der Waals surface area (Å²) in [7, 11) is 0. The highest BCUT2D eigenvalue weighted by Gasteiger charge is 2.63. The van der Waals surface area contributed by atoms with Crippen molar-refractivity contribution in [2.24, 2.45) is 46.3 Å². The fraction of sp³-hybridized carbons (Fsp3) is 0.957. The molecule has 3 N–H and O–H groups in total. The van der Waals surface area contributed by atoms with Crippen LogP contribution in [-0.2, 0) is 4.79 Å². The van der Waals surface area contributed by atoms with Crippen molar-refractivity contribution in [3.05, 3.63) is 0 Å². The zero-order chi connectivity index (χ0) is 19.6. The third-order valence-electron chi connectivity index (χ3n) is 10.00. The van der Waals surface area contributed by atoms with Gasteiger partial charge in [-0.2, -0.15) is 0 Å². The maximum Gasteiger partial charge on any atom is 0.303 e. The van der Waals surface area contributed by atoms with E-state index in [1.165, 1.54) is 12.8 Å². The number of carboxylic acid groups (broad SMARTS) is 1. The number of fused-ring (bicyclic) bond motifs is 5. The molecule has 0 aliphatic heterocycles. The second-order valence-corrected chi connectivity index (χ2v) is 11.0. The van der Waals surface area contributed by atoms with E-state index in [0.29, 0.717) is 29.6 Å². The summed E-state index contributed by atoms with van der Waals surface area (Å²) in [6, 6.07) is 0. The smallest absolute Gasteiger partial charge is 0.303 e. The van der Waals surface area contributed by atoms with E-state index in [1.807, 2.05) is 0 Å². The van der Waals surface area contributed by atoms with Crippen molar-refractivity contribution in [2.75, 3.05) is 0 Å². The molecule has 10 atom stereocenters. The number of carbonyl (C=O) groups is 1. The van der Waals surface area contributed by atoms with Crippen LogP contribution in [0.25, 0.3) is 0 Å². The Morgan fingerprint density at radius 2 is 1.78 bits per heavy atom. The third-order valence-corrected chi connectivity index (χ3v) is 10.00. The van der Waals surface area contributed by atoms with Crippen molar-refractivity contribution in [1.29, 1.82) is 0 Å². The summed E-state index contributed by atoms with van der Waals surface area (Å²) in [5.74, 6) is 2.07. The van der Waals surface area contributed by atoms with Gasteiger partial charge in [0, 0.05) is 6.42 Å². The first-order valence-electron chi connectivity index (χ1n) is 11.3. The molecule has 4 nitrogen and oxygen atoms in total. The Morgan fingerprint density at radius 1 is 1.04 bits per heavy atom. The predicted octanol–water partition coefficient (Wildman–Crippen LogP) is 4.09. The molecule has 4 fully saturated rings. The minimum Gasteiger partial charge on any atom is -0.481 e. The van der Waals surface area contributed by atoms with E-state index in [1.54, 1.807) is 0 Å². The number of aliphatic hydroxyl groups excluding tert-OH is 2. The van der Waals surface area contributed by atoms with Gasteiger partial charge < -0.3 is 15.3 Å². The van der Waals surface area contributed by atoms with E-state index >= 15 is 0 Å². The summed E-state index contributed by atoms with van der Waals surface area (Å²) in [6.07, 6.45) is 8.22. The Labute approximate surface area is 163 Å². The molecule has 0 spiro atoms. The number of carboxylic acids is 1. The lowest BCUT2D eigenvalue weighted by Crippen LogP contribution is -2.58. The molecule has 4 aliphatic rings. The van der Waals surface area contributed by atoms with Gasteiger partial charge in [0.15, 0.2) is 0 Å². The monoisotopic (exact) mass is 378 g/mol. The highest BCUT2D eigenvalue weighted by Crippen LogP contribution is 2.68. The second-order valence-electron chi connectivity index (χ2n) is 11.0. The minimum absolute atomic E-state index is 0.125. The SMILES string of the molecule is C[C@H](CC(=O)O)[C@@H]1CC[C@@H]2[C@@H]3CC[C@@H]4C[C@H](O)CC[C@]4(C)[C@@H]3C[C@H](O)[C@@]21C. The van der Waals surface area contributed by atoms with E-state index in [-0.39, 0.29) is 35.4 Å². The molecule has 0 aromatic rings. The van der Waals surface area contributed by atoms with Crippen LogP contribution in [0.5, 0.6) is 0 Å². The first kappa shape index (κ1) is 19.7. The number of aliphatic carboxylic acids is 1. The van der Waals surface area contributed by atoms with Gasteiger partial charge in [-0.3, -0.25) is 4.79 Å². The van der Waals surface area contributed by atoms with E-state index in [2.05, 4.69) is 20.8 Å². The molecule has 4 heteroatoms. The van der Waals surface area contributed by atoms with Gasteiger partial charge in [0.2, 0.25) is 0 Å². The number of hydrogen-bond acceptors (Lipinski definition) is 3. The van der Waals surface area contributed by atoms with Crippen molar-refractivity contribution >= 4 is 5.97 Å². The lowest BCUT2D eigenvalue weighted by Gasteiger charge is -2.62. The zero-order valence-corrected chi connectivity index (χ0v) is 17.2. The molecule has 4 aliphatic carbocycles. The fourth-order valence-electron chi connectivity index (χ4n) is 8.58. The van der Waals surface area contributed by atoms with Gasteiger partial charge in [-0.05, 0) is 97.7 Å². The van der Waals surface area contributed by atoms with Crippen LogP contribution < -0.4 is 0 Å². The average molecular weight is 379 g/mol. The largest absolute Gasteiger partial charge is 0.481 e. The quantitative estimate of drug-likeness (QED) is 0.691. The van der Waals surface area contributed by atoms with Gasteiger partial charge in [-0.15, -0.1) is 0 Å². The van der Waals surface area contributed by atoms with Crippen LogP contribution >= 0.6 is 0 Å². The number of hydrogen-bond donors (Lipinski definition) is 3. The first-order chi connectivity index (χ1) is 12.7. The van der Waals surface area contributed by atoms with E-state index in [9.17, 15) is 20.1 Å². The molecule has 4 rings (SSSR count). The van der Waals surface area contributed by atoms with Crippen molar-refractivity contribution in [3.63, 3.8) is 0 Å². The number of rotatable bonds is 3. The van der Waals surface area contributed by atoms with Crippen LogP contribution in [0.4, 0.5) is 0 Å². The maximum atomic E-state index is 11.4. The standard InChI is InChI=1S/C23H38O4/c1-13(10-21(26)27)17-6-7-18-16-5-4-14-11-15(24)8-9-22(14,2)19(16)12-20(25)23(17,18)3/h13-20,24-25H,4-12H2,1-3H3,(H,26,27)/t13-,14-,15-,16+,17+,18-,19-,20+,22+,23-/m1/s1. The van der Waals surface area contributed by atoms with Gasteiger partial charge in [0.25, 0.3) is 0 Å². The molecular formula is C23H38O4. The Hall–Kier alpha value is -0.610. The van der Waals surface area contributed by atoms with Gasteiger partial charge >= 0.3 is 5.97 Å². The van der Waals surface area contributed by atoms with Crippen molar-refractivity contribution in [2.45, 2.75) is 90.8 Å². The van der Waals surface area contributed by atoms with Crippen LogP contribution in [0.3, 0.4) is 0 Å². The normalized spacial score (nSPS) is 53.1. The molecule has 154 valence electrons. The zero-order valence-electron chi connectivity index (χ0n) is 17.2. The van der Waals surface area contributed by atoms with Crippen LogP contribution in [0, 0.1) is 46.3 Å². The van der Waals surface area contributed by atoms with Crippen LogP contribution in [0.2, 0.25) is 0 Å². The van der Waals surface area contributed by atoms with E-state index < -0.39 is 5.97 Å². The predicted molar refractivity (Wildman–Crippen MR) is 104 cm³/mol. The molecule has 0 aromatic heterocycles. The van der Waals surface area contributed by atoms with Crippen LogP contribution in [0.15, 0.2) is 0 Å².